The Morgan fingerprint density at radius 1 is 1.11 bits per heavy atom. The van der Waals surface area contributed by atoms with E-state index in [1.807, 2.05) is 4.90 Å². The van der Waals surface area contributed by atoms with Crippen LogP contribution in [0.4, 0.5) is 0 Å². The molecule has 0 bridgehead atoms. The number of thioether (sulfide) groups is 1. The van der Waals surface area contributed by atoms with Gasteiger partial charge in [-0.25, -0.2) is 0 Å². The van der Waals surface area contributed by atoms with E-state index in [0.717, 1.165) is 25.9 Å². The van der Waals surface area contributed by atoms with Crippen LogP contribution in [-0.4, -0.2) is 58.9 Å². The van der Waals surface area contributed by atoms with Crippen molar-refractivity contribution in [1.82, 2.24) is 10.2 Å². The van der Waals surface area contributed by atoms with Crippen molar-refractivity contribution < 1.29 is 19.5 Å². The smallest absolute Gasteiger partial charge is 0.305 e. The van der Waals surface area contributed by atoms with E-state index in [9.17, 15) is 14.4 Å². The summed E-state index contributed by atoms with van der Waals surface area (Å²) in [6.45, 7) is 1.78. The number of carbonyl (C=O) groups excluding carboxylic acids is 2. The zero-order valence-corrected chi connectivity index (χ0v) is 11.7. The van der Waals surface area contributed by atoms with Crippen LogP contribution in [0.25, 0.3) is 0 Å². The van der Waals surface area contributed by atoms with Crippen LogP contribution < -0.4 is 5.32 Å². The van der Waals surface area contributed by atoms with Crippen molar-refractivity contribution in [1.29, 1.82) is 0 Å². The van der Waals surface area contributed by atoms with Crippen molar-refractivity contribution in [3.05, 3.63) is 0 Å². The first-order chi connectivity index (χ1) is 9.09. The lowest BCUT2D eigenvalue weighted by Gasteiger charge is -2.26. The molecule has 2 N–H and O–H groups in total. The Kier molecular flexibility index (Phi) is 7.32. The van der Waals surface area contributed by atoms with Crippen LogP contribution in [0.5, 0.6) is 0 Å². The van der Waals surface area contributed by atoms with Gasteiger partial charge in [0.2, 0.25) is 11.8 Å². The number of aliphatic carboxylic acids is 1. The topological polar surface area (TPSA) is 86.7 Å². The quantitative estimate of drug-likeness (QED) is 0.704. The van der Waals surface area contributed by atoms with E-state index in [4.69, 9.17) is 5.11 Å². The lowest BCUT2D eigenvalue weighted by Crippen LogP contribution is -2.37. The van der Waals surface area contributed by atoms with E-state index < -0.39 is 5.97 Å². The second kappa shape index (κ2) is 8.79. The monoisotopic (exact) mass is 288 g/mol. The molecule has 1 fully saturated rings. The maximum Gasteiger partial charge on any atom is 0.305 e. The molecule has 108 valence electrons. The van der Waals surface area contributed by atoms with Crippen LogP contribution in [0.15, 0.2) is 0 Å². The van der Waals surface area contributed by atoms with Crippen LogP contribution in [-0.2, 0) is 14.4 Å². The van der Waals surface area contributed by atoms with E-state index in [1.165, 1.54) is 18.2 Å². The van der Waals surface area contributed by atoms with Crippen LogP contribution in [0.1, 0.15) is 25.7 Å². The molecular formula is C12H20N2O4S. The Hall–Kier alpha value is -1.24. The number of nitrogens with zero attached hydrogens (tertiary/aromatic N) is 1. The Morgan fingerprint density at radius 3 is 2.42 bits per heavy atom. The summed E-state index contributed by atoms with van der Waals surface area (Å²) < 4.78 is 0. The molecular weight excluding hydrogens is 268 g/mol. The number of piperidine rings is 1. The summed E-state index contributed by atoms with van der Waals surface area (Å²) in [6, 6.07) is 0. The predicted octanol–water partition coefficient (Wildman–Crippen LogP) is 0.323. The highest BCUT2D eigenvalue weighted by Gasteiger charge is 2.16. The van der Waals surface area contributed by atoms with Crippen molar-refractivity contribution in [3.8, 4) is 0 Å². The number of carboxylic acids is 1. The first-order valence-electron chi connectivity index (χ1n) is 6.43. The molecule has 0 aromatic carbocycles. The average molecular weight is 288 g/mol. The van der Waals surface area contributed by atoms with Gasteiger partial charge in [-0.2, -0.15) is 0 Å². The van der Waals surface area contributed by atoms with Gasteiger partial charge in [0, 0.05) is 19.6 Å². The highest BCUT2D eigenvalue weighted by Crippen LogP contribution is 2.11. The van der Waals surface area contributed by atoms with Gasteiger partial charge in [0.15, 0.2) is 0 Å². The third kappa shape index (κ3) is 7.05. The number of amides is 2. The van der Waals surface area contributed by atoms with Crippen molar-refractivity contribution in [2.24, 2.45) is 0 Å². The van der Waals surface area contributed by atoms with Gasteiger partial charge in [-0.1, -0.05) is 0 Å². The van der Waals surface area contributed by atoms with Gasteiger partial charge < -0.3 is 15.3 Å². The number of carbonyl (C=O) groups is 3. The maximum atomic E-state index is 11.8. The zero-order chi connectivity index (χ0) is 14.1. The van der Waals surface area contributed by atoms with E-state index in [0.29, 0.717) is 5.75 Å². The summed E-state index contributed by atoms with van der Waals surface area (Å²) >= 11 is 1.27. The molecule has 1 aliphatic heterocycles. The maximum absolute atomic E-state index is 11.8. The van der Waals surface area contributed by atoms with Crippen LogP contribution in [0.3, 0.4) is 0 Å². The Labute approximate surface area is 116 Å². The fourth-order valence-corrected chi connectivity index (χ4v) is 2.57. The number of carboxylic acid groups (broad SMARTS) is 1. The van der Waals surface area contributed by atoms with E-state index in [2.05, 4.69) is 5.32 Å². The Bertz CT molecular complexity index is 330. The van der Waals surface area contributed by atoms with Crippen LogP contribution in [0, 0.1) is 0 Å². The molecule has 0 radical (unpaired) electrons. The van der Waals surface area contributed by atoms with E-state index in [-0.39, 0.29) is 30.5 Å². The Morgan fingerprint density at radius 2 is 1.79 bits per heavy atom. The summed E-state index contributed by atoms with van der Waals surface area (Å²) in [6.07, 6.45) is 3.23. The summed E-state index contributed by atoms with van der Waals surface area (Å²) in [7, 11) is 0. The van der Waals surface area contributed by atoms with Crippen LogP contribution in [0.2, 0.25) is 0 Å². The molecule has 1 heterocycles. The molecule has 1 rings (SSSR count). The van der Waals surface area contributed by atoms with Crippen LogP contribution >= 0.6 is 11.8 Å². The van der Waals surface area contributed by atoms with Crippen molar-refractivity contribution >= 4 is 29.5 Å². The standard InChI is InChI=1S/C12H20N2O4S/c15-10(13-5-4-12(17)18)8-19-9-11(16)14-6-2-1-3-7-14/h1-9H2,(H,13,15)(H,17,18). The molecule has 0 aromatic heterocycles. The van der Waals surface area contributed by atoms with Crippen molar-refractivity contribution in [3.63, 3.8) is 0 Å². The lowest BCUT2D eigenvalue weighted by atomic mass is 10.1. The number of hydrogen-bond acceptors (Lipinski definition) is 4. The molecule has 1 saturated heterocycles. The lowest BCUT2D eigenvalue weighted by molar-refractivity contribution is -0.137. The molecule has 7 heteroatoms. The molecule has 19 heavy (non-hydrogen) atoms. The Balaban J connectivity index is 2.06. The van der Waals surface area contributed by atoms with Gasteiger partial charge in [0.05, 0.1) is 17.9 Å². The normalized spacial score (nSPS) is 15.1. The summed E-state index contributed by atoms with van der Waals surface area (Å²) in [5.74, 6) is -0.570. The van der Waals surface area contributed by atoms with Gasteiger partial charge in [-0.05, 0) is 19.3 Å². The fourth-order valence-electron chi connectivity index (χ4n) is 1.83. The molecule has 1 aliphatic rings. The minimum absolute atomic E-state index is 0.0802. The van der Waals surface area contributed by atoms with E-state index in [1.54, 1.807) is 0 Å². The minimum atomic E-state index is -0.937. The first kappa shape index (κ1) is 15.8. The largest absolute Gasteiger partial charge is 0.481 e. The second-order valence-corrected chi connectivity index (χ2v) is 5.41. The SMILES string of the molecule is O=C(O)CCNC(=O)CSCC(=O)N1CCCCC1. The highest BCUT2D eigenvalue weighted by atomic mass is 32.2. The number of hydrogen-bond donors (Lipinski definition) is 2. The molecule has 0 spiro atoms. The summed E-state index contributed by atoms with van der Waals surface area (Å²) in [5.41, 5.74) is 0. The molecule has 0 atom stereocenters. The molecule has 0 unspecified atom stereocenters. The molecule has 0 saturated carbocycles. The molecule has 0 aromatic rings. The third-order valence-electron chi connectivity index (χ3n) is 2.83. The first-order valence-corrected chi connectivity index (χ1v) is 7.59. The zero-order valence-electron chi connectivity index (χ0n) is 10.9. The van der Waals surface area contributed by atoms with Crippen molar-refractivity contribution in [2.45, 2.75) is 25.7 Å². The fraction of sp³-hybridized carbons (Fsp3) is 0.750. The average Bonchev–Trinajstić information content (AvgIpc) is 2.39. The van der Waals surface area contributed by atoms with Crippen molar-refractivity contribution in [2.75, 3.05) is 31.1 Å². The minimum Gasteiger partial charge on any atom is -0.481 e. The summed E-state index contributed by atoms with van der Waals surface area (Å²) in [4.78, 5) is 35.2. The van der Waals surface area contributed by atoms with E-state index >= 15 is 0 Å². The van der Waals surface area contributed by atoms with Gasteiger partial charge >= 0.3 is 5.97 Å². The number of nitrogens with one attached hydrogen (secondary N) is 1. The molecule has 2 amide bonds. The summed E-state index contributed by atoms with van der Waals surface area (Å²) in [5, 5.41) is 10.9. The van der Waals surface area contributed by atoms with Gasteiger partial charge in [0.25, 0.3) is 0 Å². The highest BCUT2D eigenvalue weighted by molar-refractivity contribution is 8.00. The number of likely N-dealkylation sites (tertiary alicyclic amines) is 1. The van der Waals surface area contributed by atoms with Gasteiger partial charge in [0.1, 0.15) is 0 Å². The second-order valence-electron chi connectivity index (χ2n) is 4.43. The molecule has 0 aliphatic carbocycles. The number of rotatable bonds is 7. The predicted molar refractivity (Wildman–Crippen MR) is 73.0 cm³/mol. The third-order valence-corrected chi connectivity index (χ3v) is 3.75. The van der Waals surface area contributed by atoms with Gasteiger partial charge in [-0.15, -0.1) is 11.8 Å². The molecule has 6 nitrogen and oxygen atoms in total. The van der Waals surface area contributed by atoms with Gasteiger partial charge in [-0.3, -0.25) is 14.4 Å².